The van der Waals surface area contributed by atoms with Crippen molar-refractivity contribution in [1.29, 1.82) is 0 Å². The third-order valence-corrected chi connectivity index (χ3v) is 7.04. The van der Waals surface area contributed by atoms with E-state index in [-0.39, 0.29) is 11.4 Å². The molecule has 1 aliphatic rings. The van der Waals surface area contributed by atoms with Crippen LogP contribution in [0.15, 0.2) is 92.8 Å². The van der Waals surface area contributed by atoms with Crippen molar-refractivity contribution in [2.24, 2.45) is 10.2 Å². The maximum atomic E-state index is 12.7. The van der Waals surface area contributed by atoms with Crippen LogP contribution < -0.4 is 10.9 Å². The number of sulfonamides is 1. The van der Waals surface area contributed by atoms with Crippen LogP contribution in [0.1, 0.15) is 12.8 Å². The van der Waals surface area contributed by atoms with Gasteiger partial charge in [-0.2, -0.15) is 14.5 Å². The molecular formula is C23H23N5O4S. The zero-order chi connectivity index (χ0) is 23.3. The third-order valence-electron chi connectivity index (χ3n) is 5.16. The molecular weight excluding hydrogens is 442 g/mol. The van der Waals surface area contributed by atoms with Crippen molar-refractivity contribution in [3.63, 3.8) is 0 Å². The molecule has 1 amide bonds. The number of amides is 1. The van der Waals surface area contributed by atoms with Gasteiger partial charge in [-0.05, 0) is 55.3 Å². The van der Waals surface area contributed by atoms with Crippen molar-refractivity contribution < 1.29 is 13.2 Å². The molecule has 1 aliphatic heterocycles. The number of hydrogen-bond acceptors (Lipinski definition) is 6. The van der Waals surface area contributed by atoms with E-state index in [2.05, 4.69) is 15.5 Å². The van der Waals surface area contributed by atoms with Gasteiger partial charge in [0, 0.05) is 31.0 Å². The molecule has 1 saturated heterocycles. The molecule has 9 nitrogen and oxygen atoms in total. The van der Waals surface area contributed by atoms with Crippen LogP contribution in [0.25, 0.3) is 0 Å². The van der Waals surface area contributed by atoms with E-state index < -0.39 is 21.5 Å². The minimum Gasteiger partial charge on any atom is -0.325 e. The summed E-state index contributed by atoms with van der Waals surface area (Å²) in [5.41, 5.74) is 1.41. The summed E-state index contributed by atoms with van der Waals surface area (Å²) in [7, 11) is -3.68. The maximum Gasteiger partial charge on any atom is 0.251 e. The lowest BCUT2D eigenvalue weighted by atomic mass is 10.3. The van der Waals surface area contributed by atoms with Crippen LogP contribution in [0, 0.1) is 0 Å². The van der Waals surface area contributed by atoms with E-state index in [1.807, 2.05) is 30.3 Å². The minimum absolute atomic E-state index is 0.00457. The largest absolute Gasteiger partial charge is 0.325 e. The van der Waals surface area contributed by atoms with Crippen LogP contribution in [0.5, 0.6) is 0 Å². The zero-order valence-electron chi connectivity index (χ0n) is 17.8. The molecule has 0 aliphatic carbocycles. The molecule has 0 bridgehead atoms. The monoisotopic (exact) mass is 465 g/mol. The van der Waals surface area contributed by atoms with E-state index >= 15 is 0 Å². The normalized spacial score (nSPS) is 14.5. The predicted molar refractivity (Wildman–Crippen MR) is 124 cm³/mol. The second kappa shape index (κ2) is 9.88. The van der Waals surface area contributed by atoms with Gasteiger partial charge in [0.25, 0.3) is 5.56 Å². The van der Waals surface area contributed by atoms with Gasteiger partial charge in [0.15, 0.2) is 0 Å². The summed E-state index contributed by atoms with van der Waals surface area (Å²) in [6, 6.07) is 18.5. The van der Waals surface area contributed by atoms with Crippen molar-refractivity contribution in [2.45, 2.75) is 24.3 Å². The molecule has 2 aromatic carbocycles. The van der Waals surface area contributed by atoms with Crippen molar-refractivity contribution in [3.8, 4) is 0 Å². The summed E-state index contributed by atoms with van der Waals surface area (Å²) < 4.78 is 28.0. The molecule has 170 valence electrons. The van der Waals surface area contributed by atoms with Crippen LogP contribution in [0.2, 0.25) is 0 Å². The number of azo groups is 1. The van der Waals surface area contributed by atoms with Gasteiger partial charge in [-0.1, -0.05) is 18.2 Å². The number of pyridine rings is 1. The second-order valence-electron chi connectivity index (χ2n) is 7.57. The van der Waals surface area contributed by atoms with Gasteiger partial charge in [0.05, 0.1) is 16.3 Å². The molecule has 1 fully saturated rings. The smallest absolute Gasteiger partial charge is 0.251 e. The van der Waals surface area contributed by atoms with E-state index in [0.29, 0.717) is 24.5 Å². The van der Waals surface area contributed by atoms with Gasteiger partial charge in [0.2, 0.25) is 15.9 Å². The molecule has 33 heavy (non-hydrogen) atoms. The number of aromatic nitrogens is 1. The molecule has 0 saturated carbocycles. The van der Waals surface area contributed by atoms with Crippen molar-refractivity contribution in [2.75, 3.05) is 18.4 Å². The fourth-order valence-electron chi connectivity index (χ4n) is 3.44. The number of nitrogens with zero attached hydrogens (tertiary/aromatic N) is 4. The Morgan fingerprint density at radius 2 is 1.52 bits per heavy atom. The number of nitrogens with one attached hydrogen (secondary N) is 1. The summed E-state index contributed by atoms with van der Waals surface area (Å²) in [5.74, 6) is -0.452. The first-order chi connectivity index (χ1) is 15.9. The molecule has 0 atom stereocenters. The number of hydrogen-bond donors (Lipinski definition) is 1. The molecule has 1 N–H and O–H groups in total. The maximum absolute atomic E-state index is 12.7. The predicted octanol–water partition coefficient (Wildman–Crippen LogP) is 3.69. The Balaban J connectivity index is 1.41. The van der Waals surface area contributed by atoms with Crippen LogP contribution >= 0.6 is 0 Å². The lowest BCUT2D eigenvalue weighted by Gasteiger charge is -2.16. The lowest BCUT2D eigenvalue weighted by molar-refractivity contribution is -0.116. The summed E-state index contributed by atoms with van der Waals surface area (Å²) in [4.78, 5) is 24.7. The lowest BCUT2D eigenvalue weighted by Crippen LogP contribution is -2.31. The molecule has 0 unspecified atom stereocenters. The Morgan fingerprint density at radius 1 is 0.879 bits per heavy atom. The Kier molecular flexibility index (Phi) is 6.76. The summed E-state index contributed by atoms with van der Waals surface area (Å²) in [5, 5.41) is 11.0. The number of benzene rings is 2. The Bertz CT molecular complexity index is 1310. The summed E-state index contributed by atoms with van der Waals surface area (Å²) in [6.07, 6.45) is 2.85. The van der Waals surface area contributed by atoms with Crippen molar-refractivity contribution in [3.05, 3.63) is 83.3 Å². The molecule has 10 heteroatoms. The fourth-order valence-corrected chi connectivity index (χ4v) is 4.98. The third kappa shape index (κ3) is 5.60. The molecule has 2 heterocycles. The molecule has 1 aromatic heterocycles. The van der Waals surface area contributed by atoms with Gasteiger partial charge in [0.1, 0.15) is 6.54 Å². The molecule has 0 spiro atoms. The van der Waals surface area contributed by atoms with Gasteiger partial charge in [-0.25, -0.2) is 8.42 Å². The average Bonchev–Trinajstić information content (AvgIpc) is 3.37. The van der Waals surface area contributed by atoms with Gasteiger partial charge in [-0.3, -0.25) is 9.59 Å². The van der Waals surface area contributed by atoms with E-state index in [1.54, 1.807) is 24.3 Å². The standard InChI is InChI=1S/C23H23N5O4S/c29-22(24-18-8-10-20(11-9-18)26-25-19-6-2-1-3-7-19)17-27-16-21(12-13-23(27)30)33(31,32)28-14-4-5-15-28/h1-3,6-13,16H,4-5,14-15,17H2,(H,24,29). The Hall–Kier alpha value is -3.63. The Morgan fingerprint density at radius 3 is 2.18 bits per heavy atom. The average molecular weight is 466 g/mol. The van der Waals surface area contributed by atoms with Crippen molar-refractivity contribution >= 4 is 33.0 Å². The number of carbonyl (C=O) groups is 1. The highest BCUT2D eigenvalue weighted by Gasteiger charge is 2.27. The first kappa shape index (κ1) is 22.6. The highest BCUT2D eigenvalue weighted by Crippen LogP contribution is 2.21. The summed E-state index contributed by atoms with van der Waals surface area (Å²) >= 11 is 0. The van der Waals surface area contributed by atoms with Crippen LogP contribution in [0.3, 0.4) is 0 Å². The molecule has 0 radical (unpaired) electrons. The van der Waals surface area contributed by atoms with E-state index in [0.717, 1.165) is 23.1 Å². The number of rotatable bonds is 7. The van der Waals surface area contributed by atoms with Crippen LogP contribution in [0.4, 0.5) is 17.1 Å². The molecule has 4 rings (SSSR count). The van der Waals surface area contributed by atoms with Crippen molar-refractivity contribution in [1.82, 2.24) is 8.87 Å². The SMILES string of the molecule is O=C(Cn1cc(S(=O)(=O)N2CCCC2)ccc1=O)Nc1ccc(N=Nc2ccccc2)cc1. The second-order valence-corrected chi connectivity index (χ2v) is 9.51. The highest BCUT2D eigenvalue weighted by molar-refractivity contribution is 7.89. The molecule has 3 aromatic rings. The minimum atomic E-state index is -3.68. The first-order valence-electron chi connectivity index (χ1n) is 10.5. The fraction of sp³-hybridized carbons (Fsp3) is 0.217. The van der Waals surface area contributed by atoms with Gasteiger partial charge in [-0.15, -0.1) is 0 Å². The summed E-state index contributed by atoms with van der Waals surface area (Å²) in [6.45, 7) is 0.614. The zero-order valence-corrected chi connectivity index (χ0v) is 18.6. The Labute approximate surface area is 191 Å². The highest BCUT2D eigenvalue weighted by atomic mass is 32.2. The number of carbonyl (C=O) groups excluding carboxylic acids is 1. The van der Waals surface area contributed by atoms with Gasteiger partial charge < -0.3 is 9.88 Å². The van der Waals surface area contributed by atoms with E-state index in [1.165, 1.54) is 22.6 Å². The first-order valence-corrected chi connectivity index (χ1v) is 11.9. The van der Waals surface area contributed by atoms with E-state index in [9.17, 15) is 18.0 Å². The quantitative estimate of drug-likeness (QED) is 0.536. The topological polar surface area (TPSA) is 113 Å². The van der Waals surface area contributed by atoms with Crippen LogP contribution in [-0.4, -0.2) is 36.3 Å². The van der Waals surface area contributed by atoms with Gasteiger partial charge >= 0.3 is 0 Å². The van der Waals surface area contributed by atoms with E-state index in [4.69, 9.17) is 0 Å². The van der Waals surface area contributed by atoms with Crippen LogP contribution in [-0.2, 0) is 21.4 Å². The number of anilines is 1.